The van der Waals surface area contributed by atoms with Crippen LogP contribution in [-0.2, 0) is 6.42 Å². The molecule has 0 bridgehead atoms. The van der Waals surface area contributed by atoms with E-state index in [2.05, 4.69) is 37.4 Å². The van der Waals surface area contributed by atoms with Crippen LogP contribution in [0.3, 0.4) is 0 Å². The normalized spacial score (nSPS) is 10.4. The standard InChI is InChI=1S/C12H11NS/c1-8-5-11-10(3-4-13)7-14-12(11)6-9(8)2/h5-7H,3H2,1-2H3. The molecule has 0 saturated heterocycles. The Balaban J connectivity index is 2.69. The fourth-order valence-electron chi connectivity index (χ4n) is 1.56. The Morgan fingerprint density at radius 1 is 1.29 bits per heavy atom. The number of nitrogens with zero attached hydrogens (tertiary/aromatic N) is 1. The van der Waals surface area contributed by atoms with Gasteiger partial charge in [-0.15, -0.1) is 11.3 Å². The molecule has 0 unspecified atom stereocenters. The molecule has 0 N–H and O–H groups in total. The molecule has 2 rings (SSSR count). The highest BCUT2D eigenvalue weighted by molar-refractivity contribution is 7.17. The molecule has 0 amide bonds. The largest absolute Gasteiger partial charge is 0.198 e. The number of benzene rings is 1. The maximum atomic E-state index is 8.68. The highest BCUT2D eigenvalue weighted by Crippen LogP contribution is 2.28. The molecule has 0 aliphatic heterocycles. The molecule has 0 fully saturated rings. The Bertz CT molecular complexity index is 517. The Hall–Kier alpha value is -1.33. The van der Waals surface area contributed by atoms with E-state index in [1.54, 1.807) is 11.3 Å². The van der Waals surface area contributed by atoms with Crippen LogP contribution in [-0.4, -0.2) is 0 Å². The van der Waals surface area contributed by atoms with Gasteiger partial charge in [-0.05, 0) is 47.4 Å². The van der Waals surface area contributed by atoms with E-state index in [1.807, 2.05) is 0 Å². The van der Waals surface area contributed by atoms with Gasteiger partial charge in [0.15, 0.2) is 0 Å². The summed E-state index contributed by atoms with van der Waals surface area (Å²) in [6, 6.07) is 6.60. The minimum Gasteiger partial charge on any atom is -0.198 e. The minimum absolute atomic E-state index is 0.516. The maximum Gasteiger partial charge on any atom is 0.0670 e. The van der Waals surface area contributed by atoms with Crippen molar-refractivity contribution in [2.75, 3.05) is 0 Å². The first-order valence-electron chi connectivity index (χ1n) is 4.56. The highest BCUT2D eigenvalue weighted by Gasteiger charge is 2.05. The lowest BCUT2D eigenvalue weighted by molar-refractivity contribution is 1.30. The summed E-state index contributed by atoms with van der Waals surface area (Å²) >= 11 is 1.73. The Kier molecular flexibility index (Phi) is 2.26. The number of hydrogen-bond acceptors (Lipinski definition) is 2. The second-order valence-electron chi connectivity index (χ2n) is 3.53. The quantitative estimate of drug-likeness (QED) is 0.691. The molecule has 1 aromatic carbocycles. The van der Waals surface area contributed by atoms with Crippen LogP contribution in [0.25, 0.3) is 10.1 Å². The molecule has 14 heavy (non-hydrogen) atoms. The topological polar surface area (TPSA) is 23.8 Å². The lowest BCUT2D eigenvalue weighted by Crippen LogP contribution is -1.82. The van der Waals surface area contributed by atoms with Crippen LogP contribution in [0, 0.1) is 25.2 Å². The molecule has 0 aliphatic carbocycles. The fourth-order valence-corrected chi connectivity index (χ4v) is 2.60. The van der Waals surface area contributed by atoms with E-state index in [0.29, 0.717) is 6.42 Å². The SMILES string of the molecule is Cc1cc2scc(CC#N)c2cc1C. The van der Waals surface area contributed by atoms with E-state index in [0.717, 1.165) is 5.56 Å². The van der Waals surface area contributed by atoms with Crippen molar-refractivity contribution in [3.63, 3.8) is 0 Å². The van der Waals surface area contributed by atoms with Crippen molar-refractivity contribution < 1.29 is 0 Å². The van der Waals surface area contributed by atoms with Crippen molar-refractivity contribution in [2.45, 2.75) is 20.3 Å². The van der Waals surface area contributed by atoms with Gasteiger partial charge in [-0.1, -0.05) is 6.07 Å². The van der Waals surface area contributed by atoms with Gasteiger partial charge in [-0.2, -0.15) is 5.26 Å². The van der Waals surface area contributed by atoms with Crippen molar-refractivity contribution in [1.29, 1.82) is 5.26 Å². The zero-order valence-electron chi connectivity index (χ0n) is 8.29. The van der Waals surface area contributed by atoms with Crippen molar-refractivity contribution >= 4 is 21.4 Å². The summed E-state index contributed by atoms with van der Waals surface area (Å²) in [5.41, 5.74) is 3.79. The lowest BCUT2D eigenvalue weighted by Gasteiger charge is -2.00. The molecule has 2 heteroatoms. The van der Waals surface area contributed by atoms with Crippen molar-refractivity contribution in [1.82, 2.24) is 0 Å². The molecule has 1 aromatic heterocycles. The fraction of sp³-hybridized carbons (Fsp3) is 0.250. The summed E-state index contributed by atoms with van der Waals surface area (Å²) in [4.78, 5) is 0. The van der Waals surface area contributed by atoms with Gasteiger partial charge in [0.2, 0.25) is 0 Å². The van der Waals surface area contributed by atoms with Gasteiger partial charge >= 0.3 is 0 Å². The third kappa shape index (κ3) is 1.40. The first kappa shape index (κ1) is 9.23. The van der Waals surface area contributed by atoms with Gasteiger partial charge in [0.25, 0.3) is 0 Å². The Labute approximate surface area is 87.6 Å². The van der Waals surface area contributed by atoms with Gasteiger partial charge in [-0.3, -0.25) is 0 Å². The molecule has 70 valence electrons. The number of rotatable bonds is 1. The minimum atomic E-state index is 0.516. The second-order valence-corrected chi connectivity index (χ2v) is 4.44. The van der Waals surface area contributed by atoms with Crippen LogP contribution in [0.4, 0.5) is 0 Å². The van der Waals surface area contributed by atoms with Crippen LogP contribution >= 0.6 is 11.3 Å². The van der Waals surface area contributed by atoms with E-state index < -0.39 is 0 Å². The van der Waals surface area contributed by atoms with E-state index in [4.69, 9.17) is 5.26 Å². The average Bonchev–Trinajstić information content (AvgIpc) is 2.51. The van der Waals surface area contributed by atoms with E-state index in [9.17, 15) is 0 Å². The highest BCUT2D eigenvalue weighted by atomic mass is 32.1. The Morgan fingerprint density at radius 3 is 2.71 bits per heavy atom. The summed E-state index contributed by atoms with van der Waals surface area (Å²) in [7, 11) is 0. The molecule has 1 heterocycles. The first-order valence-corrected chi connectivity index (χ1v) is 5.44. The summed E-state index contributed by atoms with van der Waals surface area (Å²) in [5.74, 6) is 0. The van der Waals surface area contributed by atoms with Gasteiger partial charge in [0.05, 0.1) is 12.5 Å². The molecule has 2 aromatic rings. The van der Waals surface area contributed by atoms with E-state index in [1.165, 1.54) is 21.2 Å². The number of thiophene rings is 1. The molecule has 0 saturated carbocycles. The molecule has 0 atom stereocenters. The number of fused-ring (bicyclic) bond motifs is 1. The van der Waals surface area contributed by atoms with Crippen molar-refractivity contribution in [3.05, 3.63) is 34.2 Å². The number of hydrogen-bond donors (Lipinski definition) is 0. The van der Waals surface area contributed by atoms with Crippen molar-refractivity contribution in [3.8, 4) is 6.07 Å². The molecule has 0 radical (unpaired) electrons. The lowest BCUT2D eigenvalue weighted by atomic mass is 10.0. The van der Waals surface area contributed by atoms with Crippen LogP contribution in [0.5, 0.6) is 0 Å². The van der Waals surface area contributed by atoms with E-state index in [-0.39, 0.29) is 0 Å². The van der Waals surface area contributed by atoms with Crippen LogP contribution < -0.4 is 0 Å². The van der Waals surface area contributed by atoms with Gasteiger partial charge < -0.3 is 0 Å². The summed E-state index contributed by atoms with van der Waals surface area (Å²) in [6.07, 6.45) is 0.516. The number of nitriles is 1. The zero-order valence-corrected chi connectivity index (χ0v) is 9.11. The van der Waals surface area contributed by atoms with Gasteiger partial charge in [-0.25, -0.2) is 0 Å². The second kappa shape index (κ2) is 3.43. The molecular weight excluding hydrogens is 190 g/mol. The van der Waals surface area contributed by atoms with Gasteiger partial charge in [0, 0.05) is 4.70 Å². The van der Waals surface area contributed by atoms with Crippen LogP contribution in [0.1, 0.15) is 16.7 Å². The third-order valence-corrected chi connectivity index (χ3v) is 3.53. The summed E-state index contributed by atoms with van der Waals surface area (Å²) in [6.45, 7) is 4.24. The summed E-state index contributed by atoms with van der Waals surface area (Å²) < 4.78 is 1.29. The molecule has 0 aliphatic rings. The smallest absolute Gasteiger partial charge is 0.0670 e. The first-order chi connectivity index (χ1) is 6.72. The third-order valence-electron chi connectivity index (χ3n) is 2.54. The van der Waals surface area contributed by atoms with Gasteiger partial charge in [0.1, 0.15) is 0 Å². The van der Waals surface area contributed by atoms with E-state index >= 15 is 0 Å². The zero-order chi connectivity index (χ0) is 10.1. The average molecular weight is 201 g/mol. The monoisotopic (exact) mass is 201 g/mol. The predicted molar refractivity (Wildman–Crippen MR) is 60.6 cm³/mol. The van der Waals surface area contributed by atoms with Crippen LogP contribution in [0.2, 0.25) is 0 Å². The van der Waals surface area contributed by atoms with Crippen LogP contribution in [0.15, 0.2) is 17.5 Å². The molecule has 0 spiro atoms. The number of aryl methyl sites for hydroxylation is 2. The molecular formula is C12H11NS. The Morgan fingerprint density at radius 2 is 2.00 bits per heavy atom. The maximum absolute atomic E-state index is 8.68. The molecule has 1 nitrogen and oxygen atoms in total. The predicted octanol–water partition coefficient (Wildman–Crippen LogP) is 3.58. The summed E-state index contributed by atoms with van der Waals surface area (Å²) in [5, 5.41) is 12.0. The van der Waals surface area contributed by atoms with Crippen molar-refractivity contribution in [2.24, 2.45) is 0 Å².